The van der Waals surface area contributed by atoms with Gasteiger partial charge in [0, 0.05) is 6.26 Å². The lowest BCUT2D eigenvalue weighted by molar-refractivity contribution is -0.124. The highest BCUT2D eigenvalue weighted by molar-refractivity contribution is 7.84. The Morgan fingerprint density at radius 2 is 1.85 bits per heavy atom. The van der Waals surface area contributed by atoms with E-state index in [2.05, 4.69) is 5.32 Å². The summed E-state index contributed by atoms with van der Waals surface area (Å²) in [6, 6.07) is 13.2. The normalized spacial score (nSPS) is 14.2. The zero-order chi connectivity index (χ0) is 18.7. The van der Waals surface area contributed by atoms with Crippen LogP contribution in [0.2, 0.25) is 0 Å². The first-order chi connectivity index (χ1) is 12.5. The molecule has 7 nitrogen and oxygen atoms in total. The summed E-state index contributed by atoms with van der Waals surface area (Å²) in [5, 5.41) is 2.68. The second-order valence-corrected chi connectivity index (χ2v) is 6.92. The van der Waals surface area contributed by atoms with Gasteiger partial charge in [-0.3, -0.25) is 18.7 Å². The molecule has 1 aliphatic rings. The second kappa shape index (κ2) is 7.49. The van der Waals surface area contributed by atoms with Crippen molar-refractivity contribution in [3.8, 4) is 0 Å². The van der Waals surface area contributed by atoms with Gasteiger partial charge in [-0.05, 0) is 24.3 Å². The SMILES string of the molecule is C[S@](=O)c1ccccc1C(=O)OCC(=O)N1CC(=O)Nc2ccccc21. The number of ether oxygens (including phenoxy) is 1. The molecule has 0 saturated carbocycles. The quantitative estimate of drug-likeness (QED) is 0.823. The molecule has 1 heterocycles. The lowest BCUT2D eigenvalue weighted by Gasteiger charge is -2.28. The van der Waals surface area contributed by atoms with E-state index in [0.717, 1.165) is 0 Å². The third-order valence-corrected chi connectivity index (χ3v) is 4.79. The number of rotatable bonds is 4. The number of amides is 2. The summed E-state index contributed by atoms with van der Waals surface area (Å²) in [6.45, 7) is -0.673. The van der Waals surface area contributed by atoms with E-state index in [9.17, 15) is 18.6 Å². The predicted octanol–water partition coefficient (Wildman–Crippen LogP) is 1.57. The van der Waals surface area contributed by atoms with Crippen molar-refractivity contribution in [3.63, 3.8) is 0 Å². The third-order valence-electron chi connectivity index (χ3n) is 3.82. The molecule has 0 aliphatic carbocycles. The number of benzene rings is 2. The largest absolute Gasteiger partial charge is 0.452 e. The molecular formula is C18H16N2O5S. The van der Waals surface area contributed by atoms with Crippen molar-refractivity contribution in [1.29, 1.82) is 0 Å². The number of nitrogens with zero attached hydrogens (tertiary/aromatic N) is 1. The first-order valence-corrected chi connectivity index (χ1v) is 9.32. The minimum absolute atomic E-state index is 0.150. The van der Waals surface area contributed by atoms with Crippen LogP contribution in [-0.4, -0.2) is 41.4 Å². The fourth-order valence-corrected chi connectivity index (χ4v) is 3.36. The van der Waals surface area contributed by atoms with Gasteiger partial charge < -0.3 is 10.1 Å². The first-order valence-electron chi connectivity index (χ1n) is 7.76. The Morgan fingerprint density at radius 1 is 1.15 bits per heavy atom. The van der Waals surface area contributed by atoms with Gasteiger partial charge in [0.2, 0.25) is 5.91 Å². The van der Waals surface area contributed by atoms with Crippen LogP contribution in [0.4, 0.5) is 11.4 Å². The lowest BCUT2D eigenvalue weighted by Crippen LogP contribution is -2.44. The smallest absolute Gasteiger partial charge is 0.339 e. The molecule has 0 unspecified atom stereocenters. The van der Waals surface area contributed by atoms with Crippen LogP contribution in [0.3, 0.4) is 0 Å². The van der Waals surface area contributed by atoms with Gasteiger partial charge in [0.15, 0.2) is 6.61 Å². The van der Waals surface area contributed by atoms with Crippen LogP contribution < -0.4 is 10.2 Å². The summed E-state index contributed by atoms with van der Waals surface area (Å²) < 4.78 is 16.8. The Kier molecular flexibility index (Phi) is 5.13. The highest BCUT2D eigenvalue weighted by atomic mass is 32.2. The second-order valence-electron chi connectivity index (χ2n) is 5.57. The number of nitrogens with one attached hydrogen (secondary N) is 1. The van der Waals surface area contributed by atoms with Crippen molar-refractivity contribution < 1.29 is 23.3 Å². The number of carbonyl (C=O) groups excluding carboxylic acids is 3. The van der Waals surface area contributed by atoms with E-state index in [0.29, 0.717) is 16.3 Å². The number of hydrogen-bond acceptors (Lipinski definition) is 5. The summed E-state index contributed by atoms with van der Waals surface area (Å²) in [5.74, 6) is -1.58. The Bertz CT molecular complexity index is 912. The fourth-order valence-electron chi connectivity index (χ4n) is 2.62. The molecule has 1 aliphatic heterocycles. The Hall–Kier alpha value is -3.00. The monoisotopic (exact) mass is 372 g/mol. The zero-order valence-electron chi connectivity index (χ0n) is 13.9. The maximum absolute atomic E-state index is 12.5. The van der Waals surface area contributed by atoms with Crippen molar-refractivity contribution in [1.82, 2.24) is 0 Å². The summed E-state index contributed by atoms with van der Waals surface area (Å²) in [4.78, 5) is 38.1. The van der Waals surface area contributed by atoms with Gasteiger partial charge in [-0.1, -0.05) is 24.3 Å². The molecule has 2 aromatic carbocycles. The van der Waals surface area contributed by atoms with E-state index in [1.807, 2.05) is 0 Å². The molecule has 0 aromatic heterocycles. The van der Waals surface area contributed by atoms with E-state index < -0.39 is 29.3 Å². The zero-order valence-corrected chi connectivity index (χ0v) is 14.7. The first kappa shape index (κ1) is 17.8. The van der Waals surface area contributed by atoms with Gasteiger partial charge in [0.1, 0.15) is 6.54 Å². The van der Waals surface area contributed by atoms with Crippen molar-refractivity contribution in [2.75, 3.05) is 29.6 Å². The van der Waals surface area contributed by atoms with E-state index >= 15 is 0 Å². The summed E-state index contributed by atoms with van der Waals surface area (Å²) in [5.41, 5.74) is 1.22. The van der Waals surface area contributed by atoms with E-state index in [4.69, 9.17) is 4.74 Å². The molecule has 0 bridgehead atoms. The Balaban J connectivity index is 1.73. The van der Waals surface area contributed by atoms with Crippen LogP contribution in [0.1, 0.15) is 10.4 Å². The van der Waals surface area contributed by atoms with Crippen LogP contribution in [0.25, 0.3) is 0 Å². The maximum atomic E-state index is 12.5. The molecule has 2 amide bonds. The fraction of sp³-hybridized carbons (Fsp3) is 0.167. The average molecular weight is 372 g/mol. The molecule has 0 fully saturated rings. The predicted molar refractivity (Wildman–Crippen MR) is 96.5 cm³/mol. The average Bonchev–Trinajstić information content (AvgIpc) is 2.65. The van der Waals surface area contributed by atoms with Gasteiger partial charge in [0.25, 0.3) is 5.91 Å². The number of anilines is 2. The minimum atomic E-state index is -1.36. The van der Waals surface area contributed by atoms with Crippen LogP contribution in [0.15, 0.2) is 53.4 Å². The number of fused-ring (bicyclic) bond motifs is 1. The molecule has 26 heavy (non-hydrogen) atoms. The summed E-state index contributed by atoms with van der Waals surface area (Å²) in [7, 11) is -1.36. The van der Waals surface area contributed by atoms with Gasteiger partial charge in [-0.2, -0.15) is 0 Å². The number of para-hydroxylation sites is 2. The van der Waals surface area contributed by atoms with Gasteiger partial charge in [-0.15, -0.1) is 0 Å². The molecule has 0 spiro atoms. The van der Waals surface area contributed by atoms with E-state index in [1.54, 1.807) is 42.5 Å². The number of hydrogen-bond donors (Lipinski definition) is 1. The number of carbonyl (C=O) groups is 3. The van der Waals surface area contributed by atoms with Crippen molar-refractivity contribution in [2.24, 2.45) is 0 Å². The minimum Gasteiger partial charge on any atom is -0.452 e. The van der Waals surface area contributed by atoms with E-state index in [-0.39, 0.29) is 18.0 Å². The van der Waals surface area contributed by atoms with Crippen LogP contribution in [-0.2, 0) is 25.1 Å². The van der Waals surface area contributed by atoms with Crippen LogP contribution >= 0.6 is 0 Å². The molecule has 1 atom stereocenters. The van der Waals surface area contributed by atoms with Gasteiger partial charge in [-0.25, -0.2) is 4.79 Å². The third kappa shape index (κ3) is 3.65. The van der Waals surface area contributed by atoms with Crippen LogP contribution in [0, 0.1) is 0 Å². The highest BCUT2D eigenvalue weighted by Gasteiger charge is 2.27. The Labute approximate surface area is 152 Å². The van der Waals surface area contributed by atoms with Gasteiger partial charge >= 0.3 is 5.97 Å². The maximum Gasteiger partial charge on any atom is 0.339 e. The summed E-state index contributed by atoms with van der Waals surface area (Å²) in [6.07, 6.45) is 1.46. The molecule has 8 heteroatoms. The lowest BCUT2D eigenvalue weighted by atomic mass is 10.2. The van der Waals surface area contributed by atoms with E-state index in [1.165, 1.54) is 17.2 Å². The molecular weight excluding hydrogens is 356 g/mol. The van der Waals surface area contributed by atoms with Crippen LogP contribution in [0.5, 0.6) is 0 Å². The number of esters is 1. The van der Waals surface area contributed by atoms with Crippen molar-refractivity contribution in [3.05, 3.63) is 54.1 Å². The molecule has 0 saturated heterocycles. The standard InChI is InChI=1S/C18H16N2O5S/c1-26(24)15-9-5-2-6-12(15)18(23)25-11-17(22)20-10-16(21)19-13-7-3-4-8-14(13)20/h2-9H,10-11H2,1H3,(H,19,21)/t26-/m0/s1. The topological polar surface area (TPSA) is 92.8 Å². The molecule has 3 rings (SSSR count). The summed E-state index contributed by atoms with van der Waals surface area (Å²) >= 11 is 0. The van der Waals surface area contributed by atoms with Crippen molar-refractivity contribution in [2.45, 2.75) is 4.90 Å². The molecule has 1 N–H and O–H groups in total. The molecule has 0 radical (unpaired) electrons. The Morgan fingerprint density at radius 3 is 2.62 bits per heavy atom. The molecule has 134 valence electrons. The molecule has 2 aromatic rings. The highest BCUT2D eigenvalue weighted by Crippen LogP contribution is 2.28. The van der Waals surface area contributed by atoms with Crippen molar-refractivity contribution >= 4 is 40.0 Å². The van der Waals surface area contributed by atoms with Gasteiger partial charge in [0.05, 0.1) is 32.6 Å².